The maximum absolute atomic E-state index is 8.63. The number of rotatable bonds is 7. The van der Waals surface area contributed by atoms with E-state index in [-0.39, 0.29) is 6.61 Å². The summed E-state index contributed by atoms with van der Waals surface area (Å²) in [6, 6.07) is 8.23. The molecule has 0 bridgehead atoms. The SMILES string of the molecule is CCCC(C)N(C)CCOc1ccc(C#CCO)cc1. The van der Waals surface area contributed by atoms with Gasteiger partial charge in [-0.05, 0) is 44.7 Å². The summed E-state index contributed by atoms with van der Waals surface area (Å²) in [6.45, 7) is 5.96. The molecule has 3 nitrogen and oxygen atoms in total. The number of aliphatic hydroxyl groups is 1. The molecule has 0 radical (unpaired) electrons. The second-order valence-electron chi connectivity index (χ2n) is 4.95. The first kappa shape index (κ1) is 16.6. The molecule has 1 aromatic carbocycles. The normalized spacial score (nSPS) is 11.8. The predicted molar refractivity (Wildman–Crippen MR) is 82.9 cm³/mol. The highest BCUT2D eigenvalue weighted by molar-refractivity contribution is 5.38. The van der Waals surface area contributed by atoms with Crippen molar-refractivity contribution < 1.29 is 9.84 Å². The zero-order valence-electron chi connectivity index (χ0n) is 12.7. The Morgan fingerprint density at radius 1 is 1.30 bits per heavy atom. The van der Waals surface area contributed by atoms with Gasteiger partial charge in [0.05, 0.1) is 0 Å². The highest BCUT2D eigenvalue weighted by Crippen LogP contribution is 2.12. The third-order valence-corrected chi connectivity index (χ3v) is 3.34. The lowest BCUT2D eigenvalue weighted by molar-refractivity contribution is 0.193. The number of hydrogen-bond donors (Lipinski definition) is 1. The first-order valence-electron chi connectivity index (χ1n) is 7.20. The molecule has 0 aliphatic rings. The zero-order valence-corrected chi connectivity index (χ0v) is 12.7. The maximum Gasteiger partial charge on any atom is 0.119 e. The quantitative estimate of drug-likeness (QED) is 0.776. The van der Waals surface area contributed by atoms with Gasteiger partial charge in [0.2, 0.25) is 0 Å². The predicted octanol–water partition coefficient (Wildman–Crippen LogP) is 2.53. The highest BCUT2D eigenvalue weighted by atomic mass is 16.5. The van der Waals surface area contributed by atoms with Gasteiger partial charge in [0, 0.05) is 18.2 Å². The summed E-state index contributed by atoms with van der Waals surface area (Å²) in [6.07, 6.45) is 2.43. The van der Waals surface area contributed by atoms with Gasteiger partial charge in [0.1, 0.15) is 19.0 Å². The molecule has 1 aromatic rings. The summed E-state index contributed by atoms with van der Waals surface area (Å²) >= 11 is 0. The van der Waals surface area contributed by atoms with Crippen molar-refractivity contribution in [3.05, 3.63) is 29.8 Å². The van der Waals surface area contributed by atoms with Gasteiger partial charge >= 0.3 is 0 Å². The average molecular weight is 275 g/mol. The van der Waals surface area contributed by atoms with Crippen LogP contribution in [-0.2, 0) is 0 Å². The van der Waals surface area contributed by atoms with Gasteiger partial charge in [-0.3, -0.25) is 0 Å². The number of hydrogen-bond acceptors (Lipinski definition) is 3. The highest BCUT2D eigenvalue weighted by Gasteiger charge is 2.07. The molecule has 0 spiro atoms. The van der Waals surface area contributed by atoms with Crippen LogP contribution in [-0.4, -0.2) is 42.9 Å². The van der Waals surface area contributed by atoms with Crippen LogP contribution in [0, 0.1) is 11.8 Å². The molecule has 3 heteroatoms. The van der Waals surface area contributed by atoms with E-state index in [2.05, 4.69) is 37.6 Å². The van der Waals surface area contributed by atoms with Crippen LogP contribution in [0.4, 0.5) is 0 Å². The molecule has 110 valence electrons. The first-order valence-corrected chi connectivity index (χ1v) is 7.20. The summed E-state index contributed by atoms with van der Waals surface area (Å²) in [5.74, 6) is 6.34. The number of benzene rings is 1. The largest absolute Gasteiger partial charge is 0.492 e. The van der Waals surface area contributed by atoms with E-state index in [0.29, 0.717) is 12.6 Å². The Morgan fingerprint density at radius 2 is 2.00 bits per heavy atom. The standard InChI is InChI=1S/C17H25NO2/c1-4-6-15(2)18(3)12-14-20-17-10-8-16(9-11-17)7-5-13-19/h8-11,15,19H,4,6,12-14H2,1-3H3. The molecule has 20 heavy (non-hydrogen) atoms. The fourth-order valence-corrected chi connectivity index (χ4v) is 1.94. The van der Waals surface area contributed by atoms with E-state index >= 15 is 0 Å². The van der Waals surface area contributed by atoms with Crippen molar-refractivity contribution in [2.24, 2.45) is 0 Å². The number of likely N-dealkylation sites (N-methyl/N-ethyl adjacent to an activating group) is 1. The van der Waals surface area contributed by atoms with E-state index in [9.17, 15) is 0 Å². The van der Waals surface area contributed by atoms with Gasteiger partial charge < -0.3 is 14.7 Å². The summed E-state index contributed by atoms with van der Waals surface area (Å²) in [5, 5.41) is 8.63. The van der Waals surface area contributed by atoms with Crippen molar-refractivity contribution in [1.82, 2.24) is 4.90 Å². The minimum absolute atomic E-state index is 0.111. The Kier molecular flexibility index (Phi) is 7.79. The topological polar surface area (TPSA) is 32.7 Å². The third kappa shape index (κ3) is 6.10. The van der Waals surface area contributed by atoms with Crippen molar-refractivity contribution in [3.8, 4) is 17.6 Å². The Bertz CT molecular complexity index is 431. The van der Waals surface area contributed by atoms with Crippen LogP contribution in [0.5, 0.6) is 5.75 Å². The molecule has 0 saturated heterocycles. The molecule has 0 saturated carbocycles. The summed E-state index contributed by atoms with van der Waals surface area (Å²) in [5.41, 5.74) is 0.889. The second kappa shape index (κ2) is 9.41. The Morgan fingerprint density at radius 3 is 2.60 bits per heavy atom. The monoisotopic (exact) mass is 275 g/mol. The molecule has 0 aliphatic carbocycles. The lowest BCUT2D eigenvalue weighted by Crippen LogP contribution is -2.32. The third-order valence-electron chi connectivity index (χ3n) is 3.34. The van der Waals surface area contributed by atoms with Crippen LogP contribution in [0.2, 0.25) is 0 Å². The smallest absolute Gasteiger partial charge is 0.119 e. The molecule has 0 aromatic heterocycles. The van der Waals surface area contributed by atoms with E-state index in [1.807, 2.05) is 24.3 Å². The van der Waals surface area contributed by atoms with E-state index in [4.69, 9.17) is 9.84 Å². The minimum atomic E-state index is -0.111. The van der Waals surface area contributed by atoms with E-state index in [0.717, 1.165) is 17.9 Å². The molecule has 0 fully saturated rings. The van der Waals surface area contributed by atoms with Crippen molar-refractivity contribution in [1.29, 1.82) is 0 Å². The number of nitrogens with zero attached hydrogens (tertiary/aromatic N) is 1. The molecule has 0 aliphatic heterocycles. The molecular weight excluding hydrogens is 250 g/mol. The van der Waals surface area contributed by atoms with Crippen LogP contribution in [0.3, 0.4) is 0 Å². The van der Waals surface area contributed by atoms with Crippen molar-refractivity contribution in [3.63, 3.8) is 0 Å². The zero-order chi connectivity index (χ0) is 14.8. The van der Waals surface area contributed by atoms with Crippen LogP contribution in [0.1, 0.15) is 32.3 Å². The van der Waals surface area contributed by atoms with Gasteiger partial charge in [-0.1, -0.05) is 25.2 Å². The van der Waals surface area contributed by atoms with Crippen LogP contribution < -0.4 is 4.74 Å². The lowest BCUT2D eigenvalue weighted by Gasteiger charge is -2.24. The van der Waals surface area contributed by atoms with Crippen molar-refractivity contribution >= 4 is 0 Å². The summed E-state index contributed by atoms with van der Waals surface area (Å²) in [4.78, 5) is 2.32. The van der Waals surface area contributed by atoms with Gasteiger partial charge in [-0.25, -0.2) is 0 Å². The molecule has 0 heterocycles. The Balaban J connectivity index is 2.35. The van der Waals surface area contributed by atoms with Gasteiger partial charge in [-0.2, -0.15) is 0 Å². The molecule has 1 unspecified atom stereocenters. The Hall–Kier alpha value is -1.50. The van der Waals surface area contributed by atoms with E-state index in [1.54, 1.807) is 0 Å². The van der Waals surface area contributed by atoms with Gasteiger partial charge in [0.25, 0.3) is 0 Å². The minimum Gasteiger partial charge on any atom is -0.492 e. The molecule has 1 atom stereocenters. The second-order valence-corrected chi connectivity index (χ2v) is 4.95. The first-order chi connectivity index (χ1) is 9.67. The number of aliphatic hydroxyl groups excluding tert-OH is 1. The van der Waals surface area contributed by atoms with Gasteiger partial charge in [0.15, 0.2) is 0 Å². The van der Waals surface area contributed by atoms with Crippen LogP contribution in [0.25, 0.3) is 0 Å². The molecule has 0 amide bonds. The van der Waals surface area contributed by atoms with Crippen LogP contribution >= 0.6 is 0 Å². The Labute approximate surface area is 122 Å². The fraction of sp³-hybridized carbons (Fsp3) is 0.529. The fourth-order valence-electron chi connectivity index (χ4n) is 1.94. The van der Waals surface area contributed by atoms with Crippen LogP contribution in [0.15, 0.2) is 24.3 Å². The average Bonchev–Trinajstić information content (AvgIpc) is 2.46. The van der Waals surface area contributed by atoms with Gasteiger partial charge in [-0.15, -0.1) is 0 Å². The summed E-state index contributed by atoms with van der Waals surface area (Å²) < 4.78 is 5.73. The van der Waals surface area contributed by atoms with Crippen molar-refractivity contribution in [2.45, 2.75) is 32.7 Å². The molecular formula is C17H25NO2. The number of ether oxygens (including phenoxy) is 1. The lowest BCUT2D eigenvalue weighted by atomic mass is 10.2. The maximum atomic E-state index is 8.63. The van der Waals surface area contributed by atoms with Crippen molar-refractivity contribution in [2.75, 3.05) is 26.8 Å². The molecule has 1 N–H and O–H groups in total. The summed E-state index contributed by atoms with van der Waals surface area (Å²) in [7, 11) is 2.14. The van der Waals surface area contributed by atoms with E-state index < -0.39 is 0 Å². The van der Waals surface area contributed by atoms with E-state index in [1.165, 1.54) is 12.8 Å². The molecule has 1 rings (SSSR count).